The fourth-order valence-corrected chi connectivity index (χ4v) is 4.62. The summed E-state index contributed by atoms with van der Waals surface area (Å²) in [7, 11) is 0. The molecule has 5 rings (SSSR count). The lowest BCUT2D eigenvalue weighted by atomic mass is 9.89. The Kier molecular flexibility index (Phi) is 3.90. The van der Waals surface area contributed by atoms with Gasteiger partial charge in [-0.2, -0.15) is 0 Å². The zero-order valence-electron chi connectivity index (χ0n) is 16.4. The number of pyridine rings is 1. The van der Waals surface area contributed by atoms with Crippen molar-refractivity contribution in [3.63, 3.8) is 0 Å². The molecule has 2 aromatic heterocycles. The normalized spacial score (nSPS) is 24.9. The van der Waals surface area contributed by atoms with Crippen molar-refractivity contribution in [2.75, 3.05) is 6.54 Å². The zero-order valence-corrected chi connectivity index (χ0v) is 16.4. The van der Waals surface area contributed by atoms with Crippen LogP contribution in [0.5, 0.6) is 0 Å². The van der Waals surface area contributed by atoms with Crippen molar-refractivity contribution >= 4 is 11.6 Å². The molecule has 3 aliphatic rings. The Hall–Kier alpha value is -2.88. The summed E-state index contributed by atoms with van der Waals surface area (Å²) >= 11 is 0. The first-order valence-electron chi connectivity index (χ1n) is 10.1. The van der Waals surface area contributed by atoms with Crippen LogP contribution in [0.1, 0.15) is 42.9 Å². The Morgan fingerprint density at radius 2 is 2.32 bits per heavy atom. The third kappa shape index (κ3) is 2.67. The summed E-state index contributed by atoms with van der Waals surface area (Å²) in [6, 6.07) is 4.03. The van der Waals surface area contributed by atoms with Gasteiger partial charge in [0, 0.05) is 19.6 Å². The highest BCUT2D eigenvalue weighted by Gasteiger charge is 2.53. The topological polar surface area (TPSA) is 46.4 Å². The van der Waals surface area contributed by atoms with Crippen LogP contribution >= 0.6 is 0 Å². The van der Waals surface area contributed by atoms with Crippen molar-refractivity contribution < 1.29 is 6.22 Å². The quantitative estimate of drug-likeness (QED) is 0.798. The van der Waals surface area contributed by atoms with Crippen molar-refractivity contribution in [2.45, 2.75) is 33.1 Å². The van der Waals surface area contributed by atoms with E-state index in [4.69, 9.17) is 0 Å². The van der Waals surface area contributed by atoms with E-state index in [1.165, 1.54) is 17.6 Å². The second-order valence-corrected chi connectivity index (χ2v) is 8.13. The van der Waals surface area contributed by atoms with E-state index < -0.39 is 0 Å². The van der Waals surface area contributed by atoms with Crippen molar-refractivity contribution in [2.24, 2.45) is 11.3 Å². The smallest absolute Gasteiger partial charge is 0.270 e. The molecular weight excluding hydrogens is 346 g/mol. The number of imidazole rings is 1. The Labute approximate surface area is 166 Å². The van der Waals surface area contributed by atoms with Crippen molar-refractivity contribution in [3.05, 3.63) is 82.9 Å². The van der Waals surface area contributed by atoms with Crippen molar-refractivity contribution in [1.29, 1.82) is 0 Å². The molecule has 2 aromatic rings. The van der Waals surface area contributed by atoms with E-state index in [0.29, 0.717) is 18.2 Å². The maximum Gasteiger partial charge on any atom is 0.270 e. The minimum Gasteiger partial charge on any atom is -0.347 e. The van der Waals surface area contributed by atoms with Gasteiger partial charge in [0.25, 0.3) is 5.91 Å². The number of hydrogen-bond acceptors (Lipinski definition) is 2. The predicted octanol–water partition coefficient (Wildman–Crippen LogP) is 4.57. The van der Waals surface area contributed by atoms with Gasteiger partial charge in [0.2, 0.25) is 0 Å². The fraction of sp³-hybridized carbons (Fsp3) is 0.333. The number of aryl methyl sites for hydroxylation is 2. The van der Waals surface area contributed by atoms with E-state index in [1.54, 1.807) is 0 Å². The number of aromatic nitrogens is 2. The molecule has 2 heterocycles. The van der Waals surface area contributed by atoms with Crippen molar-refractivity contribution in [1.82, 2.24) is 14.7 Å². The molecule has 1 fully saturated rings. The molecule has 3 aliphatic carbocycles. The average molecular weight is 374 g/mol. The van der Waals surface area contributed by atoms with E-state index in [-0.39, 0.29) is 12.7 Å². The summed E-state index contributed by atoms with van der Waals surface area (Å²) in [6.07, 6.45) is 18.3. The summed E-state index contributed by atoms with van der Waals surface area (Å²) in [5, 5.41) is 3.15. The lowest BCUT2D eigenvalue weighted by molar-refractivity contribution is 0.0950. The third-order valence-electron chi connectivity index (χ3n) is 6.28. The summed E-state index contributed by atoms with van der Waals surface area (Å²) in [5.74, 6) is 0.521. The van der Waals surface area contributed by atoms with Crippen LogP contribution in [0, 0.1) is 18.3 Å². The van der Waals surface area contributed by atoms with Gasteiger partial charge in [0.05, 0.1) is 5.69 Å². The molecule has 0 aliphatic heterocycles. The number of carbonyl (C=O) groups is 1. The molecule has 2 atom stereocenters. The highest BCUT2D eigenvalue weighted by molar-refractivity contribution is 5.95. The van der Waals surface area contributed by atoms with Crippen LogP contribution in [0.3, 0.4) is 0 Å². The minimum atomic E-state index is -0.0475. The monoisotopic (exact) mass is 373 g/mol. The second kappa shape index (κ2) is 6.33. The highest BCUT2D eigenvalue weighted by Crippen LogP contribution is 2.62. The molecule has 1 saturated carbocycles. The van der Waals surface area contributed by atoms with E-state index in [1.807, 2.05) is 36.6 Å². The van der Waals surface area contributed by atoms with E-state index in [9.17, 15) is 4.79 Å². The van der Waals surface area contributed by atoms with Crippen LogP contribution in [0.25, 0.3) is 5.65 Å². The van der Waals surface area contributed by atoms with Crippen LogP contribution in [0.4, 0.5) is 0 Å². The van der Waals surface area contributed by atoms with E-state index in [2.05, 4.69) is 46.8 Å². The number of fused-ring (bicyclic) bond motifs is 1. The predicted molar refractivity (Wildman–Crippen MR) is 113 cm³/mol. The first-order valence-corrected chi connectivity index (χ1v) is 10.1. The molecule has 1 spiro atoms. The van der Waals surface area contributed by atoms with Crippen LogP contribution in [-0.4, -0.2) is 21.8 Å². The van der Waals surface area contributed by atoms with Crippen LogP contribution in [0.2, 0.25) is 0 Å². The molecule has 2 unspecified atom stereocenters. The molecule has 4 nitrogen and oxygen atoms in total. The number of allylic oxidation sites excluding steroid dienone is 7. The standard InChI is InChI=1S/C24H25N3O.H2/c1-3-20-22(27-11-9-16(2)12-21(27)26-20)23(28)25-15-17-7-8-18-6-4-5-10-24(18)14-19(24)13-17;/h4-6,8-13,19H,3,7,14-15H2,1-2H3,(H,25,28);1H. The molecule has 0 bridgehead atoms. The van der Waals surface area contributed by atoms with Gasteiger partial charge in [-0.1, -0.05) is 49.0 Å². The lowest BCUT2D eigenvalue weighted by Crippen LogP contribution is -2.27. The summed E-state index contributed by atoms with van der Waals surface area (Å²) in [5.41, 5.74) is 6.45. The zero-order chi connectivity index (χ0) is 19.3. The molecule has 1 amide bonds. The Morgan fingerprint density at radius 1 is 1.43 bits per heavy atom. The largest absolute Gasteiger partial charge is 0.347 e. The Morgan fingerprint density at radius 3 is 3.18 bits per heavy atom. The maximum absolute atomic E-state index is 13.0. The van der Waals surface area contributed by atoms with Gasteiger partial charge in [-0.15, -0.1) is 0 Å². The molecule has 144 valence electrons. The lowest BCUT2D eigenvalue weighted by Gasteiger charge is -2.15. The van der Waals surface area contributed by atoms with Gasteiger partial charge >= 0.3 is 0 Å². The van der Waals surface area contributed by atoms with Gasteiger partial charge in [-0.05, 0) is 55.4 Å². The number of hydrogen-bond donors (Lipinski definition) is 1. The second-order valence-electron chi connectivity index (χ2n) is 8.13. The number of nitrogens with zero attached hydrogens (tertiary/aromatic N) is 2. The Balaban J connectivity index is 0.00000205. The number of rotatable bonds is 4. The first kappa shape index (κ1) is 17.2. The molecule has 1 N–H and O–H groups in total. The number of carbonyl (C=O) groups excluding carboxylic acids is 1. The van der Waals surface area contributed by atoms with Gasteiger partial charge in [0.15, 0.2) is 0 Å². The molecule has 0 saturated heterocycles. The molecule has 28 heavy (non-hydrogen) atoms. The molecule has 0 aromatic carbocycles. The van der Waals surface area contributed by atoms with Gasteiger partial charge in [-0.25, -0.2) is 4.98 Å². The van der Waals surface area contributed by atoms with Crippen LogP contribution in [0.15, 0.2) is 65.9 Å². The average Bonchev–Trinajstić information content (AvgIpc) is 3.26. The summed E-state index contributed by atoms with van der Waals surface area (Å²) in [4.78, 5) is 17.7. The van der Waals surface area contributed by atoms with Gasteiger partial charge < -0.3 is 5.32 Å². The number of nitrogens with one attached hydrogen (secondary N) is 1. The van der Waals surface area contributed by atoms with Crippen molar-refractivity contribution in [3.8, 4) is 0 Å². The fourth-order valence-electron chi connectivity index (χ4n) is 4.62. The first-order chi connectivity index (χ1) is 13.6. The minimum absolute atomic E-state index is 0. The molecule has 0 radical (unpaired) electrons. The summed E-state index contributed by atoms with van der Waals surface area (Å²) in [6.45, 7) is 4.67. The van der Waals surface area contributed by atoms with Gasteiger partial charge in [-0.3, -0.25) is 9.20 Å². The Bertz CT molecular complexity index is 1100. The number of amides is 1. The SMILES string of the molecule is CCc1nc2cc(C)ccn2c1C(=O)NCC1=CC2CC23C=CC=CC3=CC1.[HH]. The van der Waals surface area contributed by atoms with E-state index >= 15 is 0 Å². The van der Waals surface area contributed by atoms with E-state index in [0.717, 1.165) is 29.7 Å². The molecular formula is C24H27N3O. The van der Waals surface area contributed by atoms with Gasteiger partial charge in [0.1, 0.15) is 11.3 Å². The van der Waals surface area contributed by atoms with Crippen LogP contribution in [-0.2, 0) is 6.42 Å². The third-order valence-corrected chi connectivity index (χ3v) is 6.28. The maximum atomic E-state index is 13.0. The summed E-state index contributed by atoms with van der Waals surface area (Å²) < 4.78 is 1.91. The molecule has 4 heteroatoms. The highest BCUT2D eigenvalue weighted by atomic mass is 16.1. The van der Waals surface area contributed by atoms with Crippen LogP contribution < -0.4 is 5.32 Å².